The lowest BCUT2D eigenvalue weighted by Crippen LogP contribution is -2.30. The molecule has 8 heteroatoms. The van der Waals surface area contributed by atoms with Gasteiger partial charge in [-0.05, 0) is 107 Å². The van der Waals surface area contributed by atoms with E-state index in [9.17, 15) is 14.4 Å². The lowest BCUT2D eigenvalue weighted by Gasteiger charge is -2.16. The molecule has 0 heterocycles. The summed E-state index contributed by atoms with van der Waals surface area (Å²) in [6, 6.07) is 31.7. The summed E-state index contributed by atoms with van der Waals surface area (Å²) >= 11 is 3.66. The van der Waals surface area contributed by atoms with Crippen molar-refractivity contribution in [3.63, 3.8) is 0 Å². The van der Waals surface area contributed by atoms with Crippen molar-refractivity contribution in [1.82, 2.24) is 5.32 Å². The third kappa shape index (κ3) is 9.56. The first-order valence-electron chi connectivity index (χ1n) is 14.0. The van der Waals surface area contributed by atoms with Gasteiger partial charge in [0.05, 0.1) is 5.25 Å². The molecule has 0 aliphatic rings. The Balaban J connectivity index is 1.51. The number of amides is 3. The number of nitrogens with one attached hydrogen (secondary N) is 3. The van der Waals surface area contributed by atoms with E-state index >= 15 is 0 Å². The highest BCUT2D eigenvalue weighted by Gasteiger charge is 2.19. The van der Waals surface area contributed by atoms with E-state index in [2.05, 4.69) is 52.4 Å². The molecular weight excluding hydrogens is 669 g/mol. The maximum absolute atomic E-state index is 13.5. The monoisotopic (exact) mass is 703 g/mol. The largest absolute Gasteiger partial charge is 0.325 e. The molecule has 6 nitrogen and oxygen atoms in total. The number of carbonyl (C=O) groups is 3. The van der Waals surface area contributed by atoms with Gasteiger partial charge in [-0.3, -0.25) is 14.4 Å². The topological polar surface area (TPSA) is 87.3 Å². The molecule has 3 N–H and O–H groups in total. The molecule has 0 aromatic heterocycles. The van der Waals surface area contributed by atoms with E-state index in [1.54, 1.807) is 36.4 Å². The first-order valence-corrected chi connectivity index (χ1v) is 16.0. The van der Waals surface area contributed by atoms with Crippen LogP contribution in [0, 0.1) is 3.57 Å². The zero-order valence-electron chi connectivity index (χ0n) is 24.3. The second-order valence-corrected chi connectivity index (χ2v) is 12.7. The van der Waals surface area contributed by atoms with E-state index in [1.807, 2.05) is 79.7 Å². The number of hydrogen-bond acceptors (Lipinski definition) is 4. The van der Waals surface area contributed by atoms with Gasteiger partial charge >= 0.3 is 0 Å². The minimum Gasteiger partial charge on any atom is -0.325 e. The van der Waals surface area contributed by atoms with E-state index in [1.165, 1.54) is 17.3 Å². The third-order valence-electron chi connectivity index (χ3n) is 6.59. The van der Waals surface area contributed by atoms with Crippen LogP contribution in [-0.2, 0) is 9.59 Å². The van der Waals surface area contributed by atoms with E-state index in [0.717, 1.165) is 19.7 Å². The lowest BCUT2D eigenvalue weighted by atomic mass is 10.0. The predicted octanol–water partition coefficient (Wildman–Crippen LogP) is 8.33. The molecule has 0 aliphatic carbocycles. The number of thioether (sulfide) groups is 1. The summed E-state index contributed by atoms with van der Waals surface area (Å²) in [5.74, 6) is -0.539. The second-order valence-electron chi connectivity index (χ2n) is 10.2. The SMILES string of the molecule is CCC(Sc1cccc(NC(=O)/C(=C\c2ccc(C(C)C)cc2)NC(=O)c2ccccc2)c1)C(=O)Nc1ccc(I)cc1. The zero-order valence-corrected chi connectivity index (χ0v) is 27.2. The van der Waals surface area contributed by atoms with Crippen LogP contribution in [0.1, 0.15) is 54.6 Å². The van der Waals surface area contributed by atoms with Crippen molar-refractivity contribution in [2.75, 3.05) is 10.6 Å². The molecule has 0 saturated heterocycles. The molecule has 0 fully saturated rings. The highest BCUT2D eigenvalue weighted by Crippen LogP contribution is 2.29. The molecule has 43 heavy (non-hydrogen) atoms. The van der Waals surface area contributed by atoms with Crippen molar-refractivity contribution < 1.29 is 14.4 Å². The van der Waals surface area contributed by atoms with Crippen molar-refractivity contribution in [3.8, 4) is 0 Å². The van der Waals surface area contributed by atoms with Crippen LogP contribution in [0.25, 0.3) is 6.08 Å². The molecule has 1 atom stereocenters. The Kier molecular flexibility index (Phi) is 11.6. The van der Waals surface area contributed by atoms with Gasteiger partial charge in [0.1, 0.15) is 5.70 Å². The Hall–Kier alpha value is -3.89. The summed E-state index contributed by atoms with van der Waals surface area (Å²) in [6.45, 7) is 6.21. The van der Waals surface area contributed by atoms with Crippen molar-refractivity contribution in [1.29, 1.82) is 0 Å². The number of halogens is 1. The van der Waals surface area contributed by atoms with Crippen molar-refractivity contribution >= 4 is 69.5 Å². The Morgan fingerprint density at radius 3 is 2.16 bits per heavy atom. The summed E-state index contributed by atoms with van der Waals surface area (Å²) in [7, 11) is 0. The van der Waals surface area contributed by atoms with Crippen LogP contribution in [0.15, 0.2) is 114 Å². The molecule has 0 aliphatic heterocycles. The van der Waals surface area contributed by atoms with Crippen LogP contribution in [0.4, 0.5) is 11.4 Å². The van der Waals surface area contributed by atoms with Gasteiger partial charge in [-0.2, -0.15) is 0 Å². The molecule has 4 rings (SSSR count). The molecule has 4 aromatic carbocycles. The fraction of sp³-hybridized carbons (Fsp3) is 0.171. The predicted molar refractivity (Wildman–Crippen MR) is 185 cm³/mol. The first kappa shape index (κ1) is 32.0. The molecule has 0 bridgehead atoms. The van der Waals surface area contributed by atoms with Gasteiger partial charge in [0.25, 0.3) is 11.8 Å². The maximum Gasteiger partial charge on any atom is 0.272 e. The second kappa shape index (κ2) is 15.5. The van der Waals surface area contributed by atoms with E-state index in [-0.39, 0.29) is 22.8 Å². The number of benzene rings is 4. The fourth-order valence-electron chi connectivity index (χ4n) is 4.17. The summed E-state index contributed by atoms with van der Waals surface area (Å²) < 4.78 is 1.09. The lowest BCUT2D eigenvalue weighted by molar-refractivity contribution is -0.116. The van der Waals surface area contributed by atoms with E-state index in [4.69, 9.17) is 0 Å². The van der Waals surface area contributed by atoms with Gasteiger partial charge in [-0.15, -0.1) is 11.8 Å². The smallest absolute Gasteiger partial charge is 0.272 e. The Bertz CT molecular complexity index is 1590. The molecule has 3 amide bonds. The van der Waals surface area contributed by atoms with E-state index in [0.29, 0.717) is 23.6 Å². The Morgan fingerprint density at radius 2 is 1.51 bits per heavy atom. The Morgan fingerprint density at radius 1 is 0.814 bits per heavy atom. The van der Waals surface area contributed by atoms with Crippen LogP contribution in [0.5, 0.6) is 0 Å². The molecule has 0 saturated carbocycles. The van der Waals surface area contributed by atoms with Gasteiger partial charge < -0.3 is 16.0 Å². The molecular formula is C35H34IN3O3S. The summed E-state index contributed by atoms with van der Waals surface area (Å²) in [5, 5.41) is 8.37. The van der Waals surface area contributed by atoms with E-state index < -0.39 is 5.91 Å². The van der Waals surface area contributed by atoms with Gasteiger partial charge in [-0.25, -0.2) is 0 Å². The van der Waals surface area contributed by atoms with Crippen LogP contribution in [0.2, 0.25) is 0 Å². The number of hydrogen-bond donors (Lipinski definition) is 3. The highest BCUT2D eigenvalue weighted by molar-refractivity contribution is 14.1. The molecule has 0 spiro atoms. The third-order valence-corrected chi connectivity index (χ3v) is 8.67. The molecule has 220 valence electrons. The van der Waals surface area contributed by atoms with Crippen LogP contribution < -0.4 is 16.0 Å². The average molecular weight is 704 g/mol. The van der Waals surface area contributed by atoms with Crippen molar-refractivity contribution in [2.24, 2.45) is 0 Å². The molecule has 0 radical (unpaired) electrons. The number of carbonyl (C=O) groups excluding carboxylic acids is 3. The van der Waals surface area contributed by atoms with Crippen molar-refractivity contribution in [3.05, 3.63) is 129 Å². The summed E-state index contributed by atoms with van der Waals surface area (Å²) in [5.41, 5.74) is 3.84. The fourth-order valence-corrected chi connectivity index (χ4v) is 5.55. The summed E-state index contributed by atoms with van der Waals surface area (Å²) in [6.07, 6.45) is 2.30. The van der Waals surface area contributed by atoms with Gasteiger partial charge in [0.15, 0.2) is 0 Å². The molecule has 4 aromatic rings. The number of anilines is 2. The minimum absolute atomic E-state index is 0.0829. The maximum atomic E-state index is 13.5. The first-order chi connectivity index (χ1) is 20.7. The van der Waals surface area contributed by atoms with Gasteiger partial charge in [0.2, 0.25) is 5.91 Å². The quantitative estimate of drug-likeness (QED) is 0.0833. The highest BCUT2D eigenvalue weighted by atomic mass is 127. The molecule has 1 unspecified atom stereocenters. The Labute approximate surface area is 270 Å². The standard InChI is InChI=1S/C35H34IN3O3S/c1-4-32(35(42)37-28-19-17-27(36)18-20-28)43-30-12-8-11-29(22-30)38-34(41)31(39-33(40)26-9-6-5-7-10-26)21-24-13-15-25(16-14-24)23(2)3/h5-23,32H,4H2,1-3H3,(H,37,42)(H,38,41)(H,39,40)/b31-21+. The minimum atomic E-state index is -0.456. The van der Waals surface area contributed by atoms with Crippen LogP contribution in [0.3, 0.4) is 0 Å². The summed E-state index contributed by atoms with van der Waals surface area (Å²) in [4.78, 5) is 40.3. The number of rotatable bonds is 11. The average Bonchev–Trinajstić information content (AvgIpc) is 3.01. The van der Waals surface area contributed by atoms with Crippen LogP contribution in [-0.4, -0.2) is 23.0 Å². The normalized spacial score (nSPS) is 12.0. The van der Waals surface area contributed by atoms with Gasteiger partial charge in [0, 0.05) is 25.4 Å². The van der Waals surface area contributed by atoms with Crippen LogP contribution >= 0.6 is 34.4 Å². The zero-order chi connectivity index (χ0) is 30.8. The van der Waals surface area contributed by atoms with Gasteiger partial charge in [-0.1, -0.05) is 69.3 Å². The van der Waals surface area contributed by atoms with Crippen molar-refractivity contribution in [2.45, 2.75) is 43.3 Å².